The Labute approximate surface area is 138 Å². The lowest BCUT2D eigenvalue weighted by molar-refractivity contribution is -0.141. The van der Waals surface area contributed by atoms with E-state index in [0.29, 0.717) is 5.71 Å². The van der Waals surface area contributed by atoms with Crippen LogP contribution in [0.15, 0.2) is 46.1 Å². The van der Waals surface area contributed by atoms with Crippen LogP contribution in [0.25, 0.3) is 0 Å². The van der Waals surface area contributed by atoms with Gasteiger partial charge in [0, 0.05) is 10.7 Å². The molecule has 1 aromatic heterocycles. The number of carbonyl (C=O) groups is 1. The van der Waals surface area contributed by atoms with Gasteiger partial charge in [-0.15, -0.1) is 0 Å². The fourth-order valence-electron chi connectivity index (χ4n) is 1.71. The van der Waals surface area contributed by atoms with Crippen LogP contribution in [0.3, 0.4) is 0 Å². The Hall–Kier alpha value is -2.16. The van der Waals surface area contributed by atoms with Gasteiger partial charge in [0.2, 0.25) is 0 Å². The molecule has 5 nitrogen and oxygen atoms in total. The molecular formula is C14H12BrF3N4O. The summed E-state index contributed by atoms with van der Waals surface area (Å²) in [6.07, 6.45) is -3.44. The summed E-state index contributed by atoms with van der Waals surface area (Å²) in [7, 11) is 0. The average molecular weight is 389 g/mol. The second kappa shape index (κ2) is 6.95. The third-order valence-electron chi connectivity index (χ3n) is 2.83. The summed E-state index contributed by atoms with van der Waals surface area (Å²) in [4.78, 5) is 11.7. The van der Waals surface area contributed by atoms with Crippen LogP contribution in [0, 0.1) is 0 Å². The number of hydrogen-bond acceptors (Lipinski definition) is 3. The third-order valence-corrected chi connectivity index (χ3v) is 3.32. The molecule has 0 saturated heterocycles. The average Bonchev–Trinajstić information content (AvgIpc) is 2.93. The lowest BCUT2D eigenvalue weighted by atomic mass is 10.1. The first-order chi connectivity index (χ1) is 10.8. The van der Waals surface area contributed by atoms with E-state index in [-0.39, 0.29) is 6.54 Å². The SMILES string of the molecule is CC(=NNC(=O)Cn1ccc(C(F)(F)F)n1)c1cccc(Br)c1. The monoisotopic (exact) mass is 388 g/mol. The number of rotatable bonds is 4. The summed E-state index contributed by atoms with van der Waals surface area (Å²) in [6.45, 7) is 1.35. The molecule has 0 aliphatic carbocycles. The number of nitrogens with zero attached hydrogens (tertiary/aromatic N) is 3. The number of nitrogens with one attached hydrogen (secondary N) is 1. The summed E-state index contributed by atoms with van der Waals surface area (Å²) >= 11 is 3.33. The molecule has 0 spiro atoms. The standard InChI is InChI=1S/C14H12BrF3N4O/c1-9(10-3-2-4-11(15)7-10)19-20-13(23)8-22-6-5-12(21-22)14(16,17)18/h2-7H,8H2,1H3,(H,20,23). The molecule has 2 rings (SSSR count). The Kier molecular flexibility index (Phi) is 5.19. The predicted molar refractivity (Wildman–Crippen MR) is 81.7 cm³/mol. The van der Waals surface area contributed by atoms with Gasteiger partial charge in [-0.25, -0.2) is 5.43 Å². The van der Waals surface area contributed by atoms with Gasteiger partial charge in [-0.1, -0.05) is 28.1 Å². The van der Waals surface area contributed by atoms with Gasteiger partial charge in [-0.2, -0.15) is 23.4 Å². The van der Waals surface area contributed by atoms with E-state index in [9.17, 15) is 18.0 Å². The van der Waals surface area contributed by atoms with E-state index in [1.54, 1.807) is 6.92 Å². The van der Waals surface area contributed by atoms with Crippen molar-refractivity contribution < 1.29 is 18.0 Å². The summed E-state index contributed by atoms with van der Waals surface area (Å²) in [6, 6.07) is 8.13. The van der Waals surface area contributed by atoms with Crippen LogP contribution in [0.4, 0.5) is 13.2 Å². The zero-order valence-electron chi connectivity index (χ0n) is 11.9. The molecule has 1 heterocycles. The number of amides is 1. The molecule has 1 N–H and O–H groups in total. The van der Waals surface area contributed by atoms with Gasteiger partial charge in [0.25, 0.3) is 5.91 Å². The van der Waals surface area contributed by atoms with E-state index in [0.717, 1.165) is 27.0 Å². The van der Waals surface area contributed by atoms with E-state index in [4.69, 9.17) is 0 Å². The van der Waals surface area contributed by atoms with Crippen LogP contribution in [0.1, 0.15) is 18.2 Å². The van der Waals surface area contributed by atoms with Gasteiger partial charge in [0.15, 0.2) is 5.69 Å². The van der Waals surface area contributed by atoms with E-state index in [2.05, 4.69) is 31.6 Å². The van der Waals surface area contributed by atoms with E-state index >= 15 is 0 Å². The number of alkyl halides is 3. The first-order valence-electron chi connectivity index (χ1n) is 6.45. The topological polar surface area (TPSA) is 59.3 Å². The molecule has 0 bridgehead atoms. The highest BCUT2D eigenvalue weighted by Crippen LogP contribution is 2.27. The Morgan fingerprint density at radius 2 is 2.13 bits per heavy atom. The Balaban J connectivity index is 1.97. The summed E-state index contributed by atoms with van der Waals surface area (Å²) in [5.41, 5.74) is 2.62. The van der Waals surface area contributed by atoms with Crippen molar-refractivity contribution in [1.29, 1.82) is 0 Å². The van der Waals surface area contributed by atoms with Crippen molar-refractivity contribution in [3.8, 4) is 0 Å². The Bertz CT molecular complexity index is 740. The van der Waals surface area contributed by atoms with Crippen molar-refractivity contribution in [2.24, 2.45) is 5.10 Å². The number of halogens is 4. The van der Waals surface area contributed by atoms with Crippen LogP contribution in [-0.2, 0) is 17.5 Å². The first-order valence-corrected chi connectivity index (χ1v) is 7.25. The van der Waals surface area contributed by atoms with Crippen molar-refractivity contribution in [2.75, 3.05) is 0 Å². The number of carbonyl (C=O) groups excluding carboxylic acids is 1. The molecule has 0 aliphatic rings. The fraction of sp³-hybridized carbons (Fsp3) is 0.214. The molecule has 23 heavy (non-hydrogen) atoms. The molecule has 0 aliphatic heterocycles. The molecule has 9 heteroatoms. The van der Waals surface area contributed by atoms with Gasteiger partial charge >= 0.3 is 6.18 Å². The number of benzene rings is 1. The zero-order chi connectivity index (χ0) is 17.0. The van der Waals surface area contributed by atoms with Crippen LogP contribution in [-0.4, -0.2) is 21.4 Å². The normalized spacial score (nSPS) is 12.3. The second-order valence-corrected chi connectivity index (χ2v) is 5.55. The van der Waals surface area contributed by atoms with Gasteiger partial charge in [0.05, 0.1) is 5.71 Å². The van der Waals surface area contributed by atoms with Crippen LogP contribution < -0.4 is 5.43 Å². The maximum absolute atomic E-state index is 12.4. The minimum atomic E-state index is -4.53. The van der Waals surface area contributed by atoms with Crippen LogP contribution >= 0.6 is 15.9 Å². The third kappa shape index (κ3) is 4.92. The first kappa shape index (κ1) is 17.2. The molecule has 0 radical (unpaired) electrons. The Morgan fingerprint density at radius 1 is 1.39 bits per heavy atom. The van der Waals surface area contributed by atoms with Crippen molar-refractivity contribution >= 4 is 27.5 Å². The molecule has 0 unspecified atom stereocenters. The maximum Gasteiger partial charge on any atom is 0.435 e. The smallest absolute Gasteiger partial charge is 0.271 e. The summed E-state index contributed by atoms with van der Waals surface area (Å²) in [5.74, 6) is -0.573. The van der Waals surface area contributed by atoms with Gasteiger partial charge < -0.3 is 0 Å². The number of hydrazone groups is 1. The molecule has 122 valence electrons. The highest BCUT2D eigenvalue weighted by molar-refractivity contribution is 9.10. The number of aromatic nitrogens is 2. The second-order valence-electron chi connectivity index (χ2n) is 4.64. The zero-order valence-corrected chi connectivity index (χ0v) is 13.5. The van der Waals surface area contributed by atoms with Gasteiger partial charge in [-0.3, -0.25) is 9.48 Å². The van der Waals surface area contributed by atoms with Crippen molar-refractivity contribution in [2.45, 2.75) is 19.6 Å². The largest absolute Gasteiger partial charge is 0.435 e. The molecule has 0 saturated carbocycles. The lowest BCUT2D eigenvalue weighted by Crippen LogP contribution is -2.24. The highest BCUT2D eigenvalue weighted by atomic mass is 79.9. The maximum atomic E-state index is 12.4. The van der Waals surface area contributed by atoms with Crippen molar-refractivity contribution in [3.63, 3.8) is 0 Å². The van der Waals surface area contributed by atoms with Gasteiger partial charge in [-0.05, 0) is 30.7 Å². The molecule has 2 aromatic rings. The quantitative estimate of drug-likeness (QED) is 0.645. The minimum absolute atomic E-state index is 0.356. The van der Waals surface area contributed by atoms with Crippen molar-refractivity contribution in [3.05, 3.63) is 52.3 Å². The van der Waals surface area contributed by atoms with Crippen molar-refractivity contribution in [1.82, 2.24) is 15.2 Å². The predicted octanol–water partition coefficient (Wildman–Crippen LogP) is 3.20. The van der Waals surface area contributed by atoms with E-state index in [1.165, 1.54) is 0 Å². The van der Waals surface area contributed by atoms with E-state index < -0.39 is 17.8 Å². The molecule has 0 atom stereocenters. The summed E-state index contributed by atoms with van der Waals surface area (Å²) in [5, 5.41) is 7.21. The molecule has 1 amide bonds. The number of hydrogen-bond donors (Lipinski definition) is 1. The Morgan fingerprint density at radius 3 is 2.74 bits per heavy atom. The molecular weight excluding hydrogens is 377 g/mol. The lowest BCUT2D eigenvalue weighted by Gasteiger charge is -2.04. The fourth-order valence-corrected chi connectivity index (χ4v) is 2.11. The molecule has 1 aromatic carbocycles. The van der Waals surface area contributed by atoms with Gasteiger partial charge in [0.1, 0.15) is 6.54 Å². The minimum Gasteiger partial charge on any atom is -0.271 e. The van der Waals surface area contributed by atoms with Crippen LogP contribution in [0.2, 0.25) is 0 Å². The van der Waals surface area contributed by atoms with Crippen LogP contribution in [0.5, 0.6) is 0 Å². The van der Waals surface area contributed by atoms with E-state index in [1.807, 2.05) is 24.3 Å². The summed E-state index contributed by atoms with van der Waals surface area (Å²) < 4.78 is 39.0. The molecule has 0 fully saturated rings. The highest BCUT2D eigenvalue weighted by Gasteiger charge is 2.33.